The molecule has 81 valence electrons. The van der Waals surface area contributed by atoms with Crippen molar-refractivity contribution in [2.24, 2.45) is 4.99 Å². The molecule has 0 saturated carbocycles. The molecule has 0 aromatic rings. The van der Waals surface area contributed by atoms with E-state index in [1.165, 1.54) is 0 Å². The average Bonchev–Trinajstić information content (AvgIpc) is 2.05. The zero-order chi connectivity index (χ0) is 10.3. The van der Waals surface area contributed by atoms with Crippen LogP contribution in [-0.2, 0) is 0 Å². The Bertz CT molecular complexity index is 163. The van der Waals surface area contributed by atoms with Gasteiger partial charge in [-0.2, -0.15) is 0 Å². The fourth-order valence-electron chi connectivity index (χ4n) is 1.70. The molecule has 14 heavy (non-hydrogen) atoms. The summed E-state index contributed by atoms with van der Waals surface area (Å²) < 4.78 is 0. The van der Waals surface area contributed by atoms with E-state index < -0.39 is 5.60 Å². The molecule has 0 aliphatic carbocycles. The van der Waals surface area contributed by atoms with Crippen molar-refractivity contribution in [3.05, 3.63) is 0 Å². The van der Waals surface area contributed by atoms with Gasteiger partial charge in [-0.15, -0.1) is 0 Å². The molecule has 0 aromatic heterocycles. The summed E-state index contributed by atoms with van der Waals surface area (Å²) in [5.41, 5.74) is 0.262. The van der Waals surface area contributed by atoms with Crippen molar-refractivity contribution in [2.45, 2.75) is 59.0 Å². The number of hydrogen-bond donors (Lipinski definition) is 1. The molecule has 0 heterocycles. The first kappa shape index (κ1) is 17.2. The molecule has 0 unspecified atom stereocenters. The van der Waals surface area contributed by atoms with Gasteiger partial charge in [0.15, 0.2) is 0 Å². The molecule has 0 amide bonds. The fraction of sp³-hybridized carbons (Fsp3) is 0.909. The number of hydrogen-bond acceptors (Lipinski definition) is 2. The standard InChI is InChI=1S/C11H23NO.La/c1-5-8-11(13,9-6-2)10(4)12-7-3;/h13H,5-9H2,1-4H3;. The van der Waals surface area contributed by atoms with E-state index in [-0.39, 0.29) is 35.6 Å². The predicted octanol–water partition coefficient (Wildman–Crippen LogP) is 2.80. The maximum Gasteiger partial charge on any atom is 0.102 e. The fourth-order valence-corrected chi connectivity index (χ4v) is 1.70. The molecule has 0 saturated heterocycles. The van der Waals surface area contributed by atoms with Gasteiger partial charge < -0.3 is 5.11 Å². The Morgan fingerprint density at radius 2 is 1.57 bits per heavy atom. The molecule has 0 aromatic carbocycles. The zero-order valence-corrected chi connectivity index (χ0v) is 13.6. The predicted molar refractivity (Wildman–Crippen MR) is 58.4 cm³/mol. The van der Waals surface area contributed by atoms with Crippen LogP contribution in [0.25, 0.3) is 0 Å². The van der Waals surface area contributed by atoms with E-state index >= 15 is 0 Å². The summed E-state index contributed by atoms with van der Waals surface area (Å²) in [6.07, 6.45) is 3.67. The summed E-state index contributed by atoms with van der Waals surface area (Å²) in [4.78, 5) is 4.30. The molecule has 0 atom stereocenters. The molecule has 0 bridgehead atoms. The van der Waals surface area contributed by atoms with E-state index in [0.717, 1.165) is 37.9 Å². The van der Waals surface area contributed by atoms with Crippen molar-refractivity contribution in [1.82, 2.24) is 0 Å². The van der Waals surface area contributed by atoms with Crippen LogP contribution in [0.5, 0.6) is 0 Å². The second-order valence-electron chi connectivity index (χ2n) is 3.59. The molecule has 0 aliphatic rings. The Labute approximate surface area is 116 Å². The summed E-state index contributed by atoms with van der Waals surface area (Å²) in [5.74, 6) is 0. The number of rotatable bonds is 6. The zero-order valence-electron chi connectivity index (χ0n) is 10.0. The van der Waals surface area contributed by atoms with E-state index in [0.29, 0.717) is 0 Å². The molecular formula is C11H23LaNO. The largest absolute Gasteiger partial charge is 0.384 e. The molecule has 0 aliphatic heterocycles. The second kappa shape index (κ2) is 9.08. The molecule has 0 fully saturated rings. The van der Waals surface area contributed by atoms with Crippen molar-refractivity contribution in [2.75, 3.05) is 6.54 Å². The first-order valence-corrected chi connectivity index (χ1v) is 5.34. The van der Waals surface area contributed by atoms with Gasteiger partial charge in [0.25, 0.3) is 0 Å². The summed E-state index contributed by atoms with van der Waals surface area (Å²) >= 11 is 0. The van der Waals surface area contributed by atoms with Crippen molar-refractivity contribution in [1.29, 1.82) is 0 Å². The van der Waals surface area contributed by atoms with Crippen LogP contribution in [0.15, 0.2) is 4.99 Å². The maximum absolute atomic E-state index is 10.3. The third-order valence-corrected chi connectivity index (χ3v) is 2.40. The molecule has 0 spiro atoms. The first-order valence-electron chi connectivity index (χ1n) is 5.34. The summed E-state index contributed by atoms with van der Waals surface area (Å²) in [5, 5.41) is 10.3. The van der Waals surface area contributed by atoms with E-state index in [4.69, 9.17) is 0 Å². The van der Waals surface area contributed by atoms with Gasteiger partial charge in [-0.05, 0) is 26.7 Å². The third kappa shape index (κ3) is 5.64. The third-order valence-electron chi connectivity index (χ3n) is 2.40. The van der Waals surface area contributed by atoms with E-state index in [1.54, 1.807) is 0 Å². The van der Waals surface area contributed by atoms with Gasteiger partial charge in [-0.1, -0.05) is 26.7 Å². The van der Waals surface area contributed by atoms with Crippen LogP contribution in [0.1, 0.15) is 53.4 Å². The Morgan fingerprint density at radius 3 is 1.86 bits per heavy atom. The molecule has 2 nitrogen and oxygen atoms in total. The average molecular weight is 324 g/mol. The van der Waals surface area contributed by atoms with Crippen LogP contribution in [0.3, 0.4) is 0 Å². The smallest absolute Gasteiger partial charge is 0.102 e. The normalized spacial score (nSPS) is 12.5. The number of aliphatic hydroxyl groups is 1. The molecule has 0 rings (SSSR count). The minimum Gasteiger partial charge on any atom is -0.384 e. The van der Waals surface area contributed by atoms with E-state index in [2.05, 4.69) is 18.8 Å². The Hall–Kier alpha value is 0.825. The Morgan fingerprint density at radius 1 is 1.14 bits per heavy atom. The Balaban J connectivity index is 0. The van der Waals surface area contributed by atoms with E-state index in [9.17, 15) is 5.11 Å². The van der Waals surface area contributed by atoms with Crippen LogP contribution in [0.4, 0.5) is 0 Å². The Kier molecular flexibility index (Phi) is 11.2. The van der Waals surface area contributed by atoms with Crippen LogP contribution >= 0.6 is 0 Å². The van der Waals surface area contributed by atoms with Gasteiger partial charge in [0, 0.05) is 47.9 Å². The monoisotopic (exact) mass is 324 g/mol. The van der Waals surface area contributed by atoms with Gasteiger partial charge in [-0.3, -0.25) is 4.99 Å². The van der Waals surface area contributed by atoms with Crippen molar-refractivity contribution >= 4 is 5.71 Å². The SMILES string of the molecule is CCCC(O)(CCC)C(C)=NCC.[La]. The number of aliphatic imine (C=N–C) groups is 1. The minimum absolute atomic E-state index is 0. The van der Waals surface area contributed by atoms with Gasteiger partial charge in [0.2, 0.25) is 0 Å². The maximum atomic E-state index is 10.3. The summed E-state index contributed by atoms with van der Waals surface area (Å²) in [7, 11) is 0. The van der Waals surface area contributed by atoms with Crippen LogP contribution < -0.4 is 0 Å². The summed E-state index contributed by atoms with van der Waals surface area (Å²) in [6, 6.07) is 0. The van der Waals surface area contributed by atoms with Crippen molar-refractivity contribution < 1.29 is 40.7 Å². The quantitative estimate of drug-likeness (QED) is 0.749. The van der Waals surface area contributed by atoms with Gasteiger partial charge in [-0.25, -0.2) is 0 Å². The molecule has 1 N–H and O–H groups in total. The van der Waals surface area contributed by atoms with Gasteiger partial charge >= 0.3 is 0 Å². The topological polar surface area (TPSA) is 32.6 Å². The molecule has 1 radical (unpaired) electrons. The van der Waals surface area contributed by atoms with Crippen LogP contribution in [-0.4, -0.2) is 23.0 Å². The van der Waals surface area contributed by atoms with Crippen LogP contribution in [0, 0.1) is 35.6 Å². The van der Waals surface area contributed by atoms with Crippen molar-refractivity contribution in [3.8, 4) is 0 Å². The van der Waals surface area contributed by atoms with Gasteiger partial charge in [0.1, 0.15) is 5.60 Å². The van der Waals surface area contributed by atoms with E-state index in [1.807, 2.05) is 13.8 Å². The van der Waals surface area contributed by atoms with Crippen LogP contribution in [0.2, 0.25) is 0 Å². The van der Waals surface area contributed by atoms with Gasteiger partial charge in [0.05, 0.1) is 0 Å². The number of nitrogens with zero attached hydrogens (tertiary/aromatic N) is 1. The summed E-state index contributed by atoms with van der Waals surface area (Å²) in [6.45, 7) is 8.90. The second-order valence-corrected chi connectivity index (χ2v) is 3.59. The molecular weight excluding hydrogens is 301 g/mol. The van der Waals surface area contributed by atoms with Crippen molar-refractivity contribution in [3.63, 3.8) is 0 Å². The minimum atomic E-state index is -0.639. The molecule has 3 heteroatoms. The first-order chi connectivity index (χ1) is 6.10.